The molecule has 36 heavy (non-hydrogen) atoms. The first-order valence-corrected chi connectivity index (χ1v) is 11.1. The Morgan fingerprint density at radius 2 is 1.81 bits per heavy atom. The normalized spacial score (nSPS) is 14.1. The number of benzene rings is 1. The van der Waals surface area contributed by atoms with E-state index in [1.807, 2.05) is 11.9 Å². The third kappa shape index (κ3) is 7.97. The molecular weight excluding hydrogens is 503 g/mol. The number of hydrogen-bond donors (Lipinski definition) is 0. The number of rotatable bonds is 9. The number of carbonyl (C=O) groups excluding carboxylic acids is 2. The van der Waals surface area contributed by atoms with Gasteiger partial charge < -0.3 is 19.3 Å². The Kier molecular flexibility index (Phi) is 10.3. The van der Waals surface area contributed by atoms with Crippen LogP contribution in [0.15, 0.2) is 52.2 Å². The number of carbonyl (C=O) groups is 2. The number of hydrazone groups is 1. The van der Waals surface area contributed by atoms with Gasteiger partial charge in [0.1, 0.15) is 6.54 Å². The Labute approximate surface area is 213 Å². The number of methoxy groups -OCH3 is 2. The minimum atomic E-state index is -4.51. The summed E-state index contributed by atoms with van der Waals surface area (Å²) in [5, 5.41) is 5.49. The Hall–Kier alpha value is -3.09. The molecule has 13 heteroatoms. The van der Waals surface area contributed by atoms with E-state index in [0.29, 0.717) is 17.2 Å². The van der Waals surface area contributed by atoms with Crippen molar-refractivity contribution in [2.24, 2.45) is 5.10 Å². The van der Waals surface area contributed by atoms with Crippen LogP contribution in [0.1, 0.15) is 5.56 Å². The van der Waals surface area contributed by atoms with Crippen molar-refractivity contribution in [1.29, 1.82) is 0 Å². The van der Waals surface area contributed by atoms with Gasteiger partial charge in [-0.25, -0.2) is 9.80 Å². The van der Waals surface area contributed by atoms with E-state index in [2.05, 4.69) is 5.10 Å². The van der Waals surface area contributed by atoms with Crippen molar-refractivity contribution in [2.75, 3.05) is 59.9 Å². The van der Waals surface area contributed by atoms with Crippen LogP contribution in [0.25, 0.3) is 0 Å². The highest BCUT2D eigenvalue weighted by molar-refractivity contribution is 6.34. The monoisotopic (exact) mass is 531 g/mol. The van der Waals surface area contributed by atoms with Gasteiger partial charge >= 0.3 is 12.2 Å². The maximum Gasteiger partial charge on any atom is 0.416 e. The molecule has 0 unspecified atom stereocenters. The molecule has 0 saturated heterocycles. The molecule has 198 valence electrons. The van der Waals surface area contributed by atoms with Gasteiger partial charge in [0.25, 0.3) is 0 Å². The fourth-order valence-corrected chi connectivity index (χ4v) is 3.33. The first-order chi connectivity index (χ1) is 16.9. The highest BCUT2D eigenvalue weighted by Gasteiger charge is 2.31. The summed E-state index contributed by atoms with van der Waals surface area (Å²) in [6.45, 7) is 0.206. The van der Waals surface area contributed by atoms with E-state index in [9.17, 15) is 22.8 Å². The van der Waals surface area contributed by atoms with E-state index >= 15 is 0 Å². The molecule has 1 aliphatic heterocycles. The zero-order chi connectivity index (χ0) is 27.0. The van der Waals surface area contributed by atoms with Crippen molar-refractivity contribution in [3.63, 3.8) is 0 Å². The molecule has 0 spiro atoms. The van der Waals surface area contributed by atoms with Crippen LogP contribution in [0.5, 0.6) is 0 Å². The molecule has 0 saturated carbocycles. The van der Waals surface area contributed by atoms with Gasteiger partial charge in [-0.05, 0) is 24.3 Å². The summed E-state index contributed by atoms with van der Waals surface area (Å²) in [6.07, 6.45) is -0.340. The molecule has 1 aromatic carbocycles. The number of nitrogens with zero attached hydrogens (tertiary/aromatic N) is 5. The first kappa shape index (κ1) is 29.1. The average molecular weight is 532 g/mol. The van der Waals surface area contributed by atoms with Gasteiger partial charge in [0.05, 0.1) is 23.4 Å². The summed E-state index contributed by atoms with van der Waals surface area (Å²) in [5.74, 6) is -0.473. The maximum atomic E-state index is 13.2. The van der Waals surface area contributed by atoms with Gasteiger partial charge in [0, 0.05) is 59.4 Å². The number of ether oxygens (including phenoxy) is 2. The van der Waals surface area contributed by atoms with E-state index in [0.717, 1.165) is 34.2 Å². The predicted molar refractivity (Wildman–Crippen MR) is 131 cm³/mol. The molecule has 0 atom stereocenters. The number of urea groups is 1. The fraction of sp³-hybridized carbons (Fsp3) is 0.435. The van der Waals surface area contributed by atoms with Gasteiger partial charge in [-0.3, -0.25) is 9.69 Å². The number of hydrogen-bond acceptors (Lipinski definition) is 6. The van der Waals surface area contributed by atoms with Gasteiger partial charge in [-0.2, -0.15) is 18.3 Å². The third-order valence-corrected chi connectivity index (χ3v) is 5.61. The van der Waals surface area contributed by atoms with Crippen LogP contribution in [-0.4, -0.2) is 94.2 Å². The highest BCUT2D eigenvalue weighted by Crippen LogP contribution is 2.30. The predicted octanol–water partition coefficient (Wildman–Crippen LogP) is 3.58. The molecule has 0 fully saturated rings. The van der Waals surface area contributed by atoms with Crippen molar-refractivity contribution in [2.45, 2.75) is 12.5 Å². The van der Waals surface area contributed by atoms with Crippen molar-refractivity contribution in [3.05, 3.63) is 52.7 Å². The topological polar surface area (TPSA) is 77.9 Å². The van der Waals surface area contributed by atoms with Crippen LogP contribution in [0, 0.1) is 0 Å². The van der Waals surface area contributed by atoms with Crippen LogP contribution < -0.4 is 4.90 Å². The quantitative estimate of drug-likeness (QED) is 0.276. The lowest BCUT2D eigenvalue weighted by Crippen LogP contribution is -2.46. The van der Waals surface area contributed by atoms with Gasteiger partial charge in [-0.1, -0.05) is 17.7 Å². The lowest BCUT2D eigenvalue weighted by Gasteiger charge is -2.27. The van der Waals surface area contributed by atoms with Crippen LogP contribution in [-0.2, 0) is 20.4 Å². The zero-order valence-electron chi connectivity index (χ0n) is 20.6. The smallest absolute Gasteiger partial charge is 0.375 e. The molecule has 0 bridgehead atoms. The summed E-state index contributed by atoms with van der Waals surface area (Å²) in [7, 11) is 7.58. The molecule has 3 amide bonds. The summed E-state index contributed by atoms with van der Waals surface area (Å²) in [5.41, 5.74) is -0.117. The standard InChI is InChI=1S/C23H29ClF3N5O4/c1-29-11-10-16(19(24)13-29)12-28-32(14-20(33)30(2)15-21(35-4)36-5)22(34)31(3)18-8-6-17(7-9-18)23(25,26)27/h6-10,12-13,21H,11,14-15H2,1-5H3/b28-12+. The largest absolute Gasteiger partial charge is 0.416 e. The second kappa shape index (κ2) is 12.7. The van der Waals surface area contributed by atoms with Crippen LogP contribution >= 0.6 is 11.6 Å². The number of anilines is 1. The van der Waals surface area contributed by atoms with E-state index < -0.39 is 36.5 Å². The lowest BCUT2D eigenvalue weighted by atomic mass is 10.2. The molecule has 0 N–H and O–H groups in total. The number of alkyl halides is 3. The van der Waals surface area contributed by atoms with E-state index in [1.54, 1.807) is 12.3 Å². The zero-order valence-corrected chi connectivity index (χ0v) is 21.4. The Bertz CT molecular complexity index is 1010. The van der Waals surface area contributed by atoms with E-state index in [4.69, 9.17) is 21.1 Å². The number of halogens is 4. The molecule has 0 aliphatic carbocycles. The molecule has 0 aromatic heterocycles. The fourth-order valence-electron chi connectivity index (χ4n) is 3.04. The first-order valence-electron chi connectivity index (χ1n) is 10.7. The Morgan fingerprint density at radius 3 is 2.33 bits per heavy atom. The minimum absolute atomic E-state index is 0.0956. The maximum absolute atomic E-state index is 13.2. The van der Waals surface area contributed by atoms with Crippen molar-refractivity contribution < 1.29 is 32.2 Å². The number of likely N-dealkylation sites (N-methyl/N-ethyl adjacent to an activating group) is 2. The molecule has 2 rings (SSSR count). The molecule has 1 heterocycles. The van der Waals surface area contributed by atoms with Crippen LogP contribution in [0.2, 0.25) is 0 Å². The molecular formula is C23H29ClF3N5O4. The lowest BCUT2D eigenvalue weighted by molar-refractivity contribution is -0.143. The van der Waals surface area contributed by atoms with E-state index in [-0.39, 0.29) is 12.2 Å². The Morgan fingerprint density at radius 1 is 1.19 bits per heavy atom. The van der Waals surface area contributed by atoms with Gasteiger partial charge in [0.15, 0.2) is 6.29 Å². The van der Waals surface area contributed by atoms with Gasteiger partial charge in [-0.15, -0.1) is 0 Å². The summed E-state index contributed by atoms with van der Waals surface area (Å²) in [6, 6.07) is 3.33. The third-order valence-electron chi connectivity index (χ3n) is 5.29. The molecule has 0 radical (unpaired) electrons. The van der Waals surface area contributed by atoms with E-state index in [1.165, 1.54) is 39.4 Å². The molecule has 1 aliphatic rings. The second-order valence-electron chi connectivity index (χ2n) is 7.94. The summed E-state index contributed by atoms with van der Waals surface area (Å²) < 4.78 is 48.9. The molecule has 9 nitrogen and oxygen atoms in total. The van der Waals surface area contributed by atoms with Crippen LogP contribution in [0.4, 0.5) is 23.7 Å². The van der Waals surface area contributed by atoms with Crippen molar-refractivity contribution in [3.8, 4) is 0 Å². The SMILES string of the molecule is COC(CN(C)C(=O)CN(/N=C/C1=CCN(C)C=C1Cl)C(=O)N(C)c1ccc(C(F)(F)F)cc1)OC. The second-order valence-corrected chi connectivity index (χ2v) is 8.35. The average Bonchev–Trinajstić information content (AvgIpc) is 2.84. The summed E-state index contributed by atoms with van der Waals surface area (Å²) in [4.78, 5) is 30.3. The van der Waals surface area contributed by atoms with Crippen LogP contribution in [0.3, 0.4) is 0 Å². The molecule has 1 aromatic rings. The van der Waals surface area contributed by atoms with Gasteiger partial charge in [0.2, 0.25) is 5.91 Å². The number of allylic oxidation sites excluding steroid dienone is 2. The Balaban J connectivity index is 2.27. The number of amides is 3. The highest BCUT2D eigenvalue weighted by atomic mass is 35.5. The summed E-state index contributed by atoms with van der Waals surface area (Å²) >= 11 is 6.25. The van der Waals surface area contributed by atoms with Crippen molar-refractivity contribution in [1.82, 2.24) is 14.8 Å². The van der Waals surface area contributed by atoms with Crippen molar-refractivity contribution >= 4 is 35.4 Å². The minimum Gasteiger partial charge on any atom is -0.375 e.